The Hall–Kier alpha value is -2.69. The first-order chi connectivity index (χ1) is 13.3. The van der Waals surface area contributed by atoms with E-state index in [1.807, 2.05) is 6.92 Å². The van der Waals surface area contributed by atoms with E-state index in [-0.39, 0.29) is 11.8 Å². The van der Waals surface area contributed by atoms with Crippen molar-refractivity contribution in [3.05, 3.63) is 0 Å². The molecule has 0 heterocycles. The van der Waals surface area contributed by atoms with Crippen molar-refractivity contribution in [1.82, 2.24) is 16.0 Å². The van der Waals surface area contributed by atoms with E-state index in [1.165, 1.54) is 6.92 Å². The van der Waals surface area contributed by atoms with Crippen LogP contribution in [0, 0.1) is 11.8 Å². The summed E-state index contributed by atoms with van der Waals surface area (Å²) in [5.41, 5.74) is 5.81. The van der Waals surface area contributed by atoms with E-state index in [1.54, 1.807) is 20.8 Å². The molecule has 29 heavy (non-hydrogen) atoms. The molecule has 0 bridgehead atoms. The average Bonchev–Trinajstić information content (AvgIpc) is 2.62. The molecule has 5 atom stereocenters. The molecule has 0 saturated heterocycles. The second-order valence-electron chi connectivity index (χ2n) is 7.37. The molecule has 0 aromatic rings. The van der Waals surface area contributed by atoms with Crippen molar-refractivity contribution in [2.24, 2.45) is 17.6 Å². The van der Waals surface area contributed by atoms with Crippen LogP contribution >= 0.6 is 0 Å². The van der Waals surface area contributed by atoms with Gasteiger partial charge in [0.1, 0.15) is 18.1 Å². The molecular formula is C18H32N4O7. The molecule has 7 N–H and O–H groups in total. The summed E-state index contributed by atoms with van der Waals surface area (Å²) in [6, 6.07) is -4.53. The van der Waals surface area contributed by atoms with E-state index in [9.17, 15) is 24.0 Å². The molecule has 0 spiro atoms. The lowest BCUT2D eigenvalue weighted by Gasteiger charge is -2.27. The van der Waals surface area contributed by atoms with Gasteiger partial charge in [0.15, 0.2) is 0 Å². The van der Waals surface area contributed by atoms with Crippen LogP contribution in [0.1, 0.15) is 47.5 Å². The second kappa shape index (κ2) is 12.0. The number of carbonyl (C=O) groups is 5. The SMILES string of the molecule is CCC(C)C(NC(=O)C(N)C(C)C)C(=O)NC(C)C(=O)NC(CC(=O)O)C(=O)O. The highest BCUT2D eigenvalue weighted by Gasteiger charge is 2.31. The molecule has 3 amide bonds. The Kier molecular flexibility index (Phi) is 10.9. The van der Waals surface area contributed by atoms with Gasteiger partial charge in [-0.1, -0.05) is 34.1 Å². The van der Waals surface area contributed by atoms with Crippen molar-refractivity contribution in [2.45, 2.75) is 71.6 Å². The number of nitrogens with two attached hydrogens (primary N) is 1. The summed E-state index contributed by atoms with van der Waals surface area (Å²) in [7, 11) is 0. The Bertz CT molecular complexity index is 623. The predicted octanol–water partition coefficient (Wildman–Crippen LogP) is -0.951. The highest BCUT2D eigenvalue weighted by Crippen LogP contribution is 2.10. The number of hydrogen-bond acceptors (Lipinski definition) is 6. The van der Waals surface area contributed by atoms with Gasteiger partial charge in [-0.05, 0) is 18.8 Å². The lowest BCUT2D eigenvalue weighted by atomic mass is 9.96. The third kappa shape index (κ3) is 8.90. The molecule has 0 aliphatic rings. The molecule has 0 radical (unpaired) electrons. The van der Waals surface area contributed by atoms with Crippen LogP contribution in [0.2, 0.25) is 0 Å². The molecule has 0 fully saturated rings. The maximum atomic E-state index is 12.6. The van der Waals surface area contributed by atoms with Crippen LogP contribution in [0.25, 0.3) is 0 Å². The van der Waals surface area contributed by atoms with E-state index in [0.29, 0.717) is 6.42 Å². The fourth-order valence-corrected chi connectivity index (χ4v) is 2.29. The largest absolute Gasteiger partial charge is 0.481 e. The van der Waals surface area contributed by atoms with Gasteiger partial charge in [-0.2, -0.15) is 0 Å². The molecule has 0 aliphatic heterocycles. The van der Waals surface area contributed by atoms with E-state index in [0.717, 1.165) is 0 Å². The fourth-order valence-electron chi connectivity index (χ4n) is 2.29. The zero-order valence-corrected chi connectivity index (χ0v) is 17.4. The number of nitrogens with one attached hydrogen (secondary N) is 3. The zero-order valence-electron chi connectivity index (χ0n) is 17.4. The van der Waals surface area contributed by atoms with Crippen molar-refractivity contribution in [3.8, 4) is 0 Å². The third-order valence-corrected chi connectivity index (χ3v) is 4.56. The number of amides is 3. The molecule has 5 unspecified atom stereocenters. The van der Waals surface area contributed by atoms with Crippen LogP contribution in [0.3, 0.4) is 0 Å². The predicted molar refractivity (Wildman–Crippen MR) is 104 cm³/mol. The van der Waals surface area contributed by atoms with Gasteiger partial charge in [0, 0.05) is 0 Å². The minimum absolute atomic E-state index is 0.137. The van der Waals surface area contributed by atoms with Gasteiger partial charge in [-0.3, -0.25) is 19.2 Å². The molecule has 0 rings (SSSR count). The number of hydrogen-bond donors (Lipinski definition) is 6. The molecule has 0 aromatic heterocycles. The third-order valence-electron chi connectivity index (χ3n) is 4.56. The summed E-state index contributed by atoms with van der Waals surface area (Å²) in [6.07, 6.45) is -0.240. The van der Waals surface area contributed by atoms with E-state index >= 15 is 0 Å². The number of rotatable bonds is 12. The number of aliphatic carboxylic acids is 2. The van der Waals surface area contributed by atoms with Crippen molar-refractivity contribution in [1.29, 1.82) is 0 Å². The van der Waals surface area contributed by atoms with Crippen LogP contribution in [-0.2, 0) is 24.0 Å². The van der Waals surface area contributed by atoms with Gasteiger partial charge < -0.3 is 31.9 Å². The Morgan fingerprint density at radius 1 is 0.862 bits per heavy atom. The number of carboxylic acids is 2. The summed E-state index contributed by atoms with van der Waals surface area (Å²) in [4.78, 5) is 58.8. The second-order valence-corrected chi connectivity index (χ2v) is 7.37. The first kappa shape index (κ1) is 26.3. The van der Waals surface area contributed by atoms with Crippen molar-refractivity contribution in [2.75, 3.05) is 0 Å². The topological polar surface area (TPSA) is 188 Å². The normalized spacial score (nSPS) is 16.1. The quantitative estimate of drug-likeness (QED) is 0.235. The Labute approximate surface area is 169 Å². The highest BCUT2D eigenvalue weighted by molar-refractivity contribution is 5.94. The van der Waals surface area contributed by atoms with Gasteiger partial charge in [0.25, 0.3) is 0 Å². The monoisotopic (exact) mass is 416 g/mol. The zero-order chi connectivity index (χ0) is 22.9. The van der Waals surface area contributed by atoms with Crippen LogP contribution in [-0.4, -0.2) is 64.0 Å². The maximum absolute atomic E-state index is 12.6. The summed E-state index contributed by atoms with van der Waals surface area (Å²) in [5.74, 6) is -5.28. The Morgan fingerprint density at radius 3 is 1.83 bits per heavy atom. The lowest BCUT2D eigenvalue weighted by molar-refractivity contribution is -0.147. The highest BCUT2D eigenvalue weighted by atomic mass is 16.4. The van der Waals surface area contributed by atoms with Gasteiger partial charge in [-0.15, -0.1) is 0 Å². The smallest absolute Gasteiger partial charge is 0.326 e. The first-order valence-electron chi connectivity index (χ1n) is 9.43. The molecular weight excluding hydrogens is 384 g/mol. The average molecular weight is 416 g/mol. The van der Waals surface area contributed by atoms with Crippen LogP contribution in [0.4, 0.5) is 0 Å². The Morgan fingerprint density at radius 2 is 1.41 bits per heavy atom. The molecule has 0 aromatic carbocycles. The number of carbonyl (C=O) groups excluding carboxylic acids is 3. The van der Waals surface area contributed by atoms with Crippen molar-refractivity contribution in [3.63, 3.8) is 0 Å². The summed E-state index contributed by atoms with van der Waals surface area (Å²) in [5, 5.41) is 24.8. The van der Waals surface area contributed by atoms with Gasteiger partial charge >= 0.3 is 11.9 Å². The van der Waals surface area contributed by atoms with Crippen molar-refractivity contribution >= 4 is 29.7 Å². The molecule has 166 valence electrons. The summed E-state index contributed by atoms with van der Waals surface area (Å²) < 4.78 is 0. The first-order valence-corrected chi connectivity index (χ1v) is 9.43. The van der Waals surface area contributed by atoms with E-state index in [2.05, 4.69) is 16.0 Å². The van der Waals surface area contributed by atoms with Gasteiger partial charge in [0.2, 0.25) is 17.7 Å². The molecule has 0 aliphatic carbocycles. The number of carboxylic acid groups (broad SMARTS) is 2. The van der Waals surface area contributed by atoms with Crippen molar-refractivity contribution < 1.29 is 34.2 Å². The van der Waals surface area contributed by atoms with Gasteiger partial charge in [0.05, 0.1) is 12.5 Å². The van der Waals surface area contributed by atoms with E-state index in [4.69, 9.17) is 15.9 Å². The molecule has 11 nitrogen and oxygen atoms in total. The minimum Gasteiger partial charge on any atom is -0.481 e. The molecule has 0 saturated carbocycles. The van der Waals surface area contributed by atoms with Crippen LogP contribution in [0.15, 0.2) is 0 Å². The Balaban J connectivity index is 5.14. The fraction of sp³-hybridized carbons (Fsp3) is 0.722. The standard InChI is InChI=1S/C18H32N4O7/c1-6-9(4)14(22-16(26)13(19)8(2)3)17(27)20-10(5)15(25)21-11(18(28)29)7-12(23)24/h8-11,13-14H,6-7,19H2,1-5H3,(H,20,27)(H,21,25)(H,22,26)(H,23,24)(H,28,29). The minimum atomic E-state index is -1.63. The maximum Gasteiger partial charge on any atom is 0.326 e. The molecule has 11 heteroatoms. The lowest BCUT2D eigenvalue weighted by Crippen LogP contribution is -2.58. The van der Waals surface area contributed by atoms with E-state index < -0.39 is 60.2 Å². The summed E-state index contributed by atoms with van der Waals surface area (Å²) in [6.45, 7) is 8.45. The van der Waals surface area contributed by atoms with Crippen LogP contribution in [0.5, 0.6) is 0 Å². The van der Waals surface area contributed by atoms with Crippen LogP contribution < -0.4 is 21.7 Å². The summed E-state index contributed by atoms with van der Waals surface area (Å²) >= 11 is 0. The van der Waals surface area contributed by atoms with Gasteiger partial charge in [-0.25, -0.2) is 4.79 Å².